The van der Waals surface area contributed by atoms with Gasteiger partial charge in [-0.15, -0.1) is 11.3 Å². The molecule has 0 amide bonds. The van der Waals surface area contributed by atoms with Crippen molar-refractivity contribution in [2.24, 2.45) is 0 Å². The van der Waals surface area contributed by atoms with Crippen LogP contribution in [0.15, 0.2) is 24.5 Å². The van der Waals surface area contributed by atoms with E-state index in [1.54, 1.807) is 17.5 Å². The summed E-state index contributed by atoms with van der Waals surface area (Å²) < 4.78 is 0. The molecule has 0 aromatic carbocycles. The van der Waals surface area contributed by atoms with Gasteiger partial charge in [-0.3, -0.25) is 4.98 Å². The summed E-state index contributed by atoms with van der Waals surface area (Å²) in [5, 5.41) is 1.06. The van der Waals surface area contributed by atoms with Crippen LogP contribution in [0.2, 0.25) is 0 Å². The summed E-state index contributed by atoms with van der Waals surface area (Å²) >= 11 is 6.08. The van der Waals surface area contributed by atoms with E-state index in [0.29, 0.717) is 0 Å². The highest BCUT2D eigenvalue weighted by atomic mass is 32.1. The number of aryl methyl sites for hydroxylation is 1. The predicted molar refractivity (Wildman–Crippen MR) is 72.0 cm³/mol. The zero-order valence-electron chi connectivity index (χ0n) is 9.18. The Labute approximate surface area is 105 Å². The summed E-state index contributed by atoms with van der Waals surface area (Å²) in [6.07, 6.45) is 5.80. The van der Waals surface area contributed by atoms with Crippen molar-refractivity contribution in [3.63, 3.8) is 0 Å². The largest absolute Gasteiger partial charge is 0.264 e. The Morgan fingerprint density at radius 2 is 2.31 bits per heavy atom. The Hall–Kier alpha value is -0.870. The van der Waals surface area contributed by atoms with Gasteiger partial charge in [0.15, 0.2) is 0 Å². The second kappa shape index (κ2) is 5.46. The lowest BCUT2D eigenvalue weighted by Crippen LogP contribution is -1.87. The molecule has 0 bridgehead atoms. The number of nitrogens with zero attached hydrogens (tertiary/aromatic N) is 2. The second-order valence-corrected chi connectivity index (χ2v) is 4.94. The van der Waals surface area contributed by atoms with Gasteiger partial charge in [0.25, 0.3) is 0 Å². The monoisotopic (exact) mass is 250 g/mol. The van der Waals surface area contributed by atoms with Crippen molar-refractivity contribution in [3.05, 3.63) is 35.1 Å². The zero-order valence-corrected chi connectivity index (χ0v) is 10.9. The van der Waals surface area contributed by atoms with Crippen LogP contribution >= 0.6 is 24.0 Å². The summed E-state index contributed by atoms with van der Waals surface area (Å²) in [7, 11) is 0. The van der Waals surface area contributed by atoms with Crippen molar-refractivity contribution in [1.82, 2.24) is 9.97 Å². The number of rotatable bonds is 4. The Morgan fingerprint density at radius 1 is 1.44 bits per heavy atom. The van der Waals surface area contributed by atoms with E-state index in [4.69, 9.17) is 0 Å². The maximum Gasteiger partial charge on any atom is 0.125 e. The van der Waals surface area contributed by atoms with Crippen molar-refractivity contribution < 1.29 is 0 Å². The lowest BCUT2D eigenvalue weighted by molar-refractivity contribution is 0.884. The summed E-state index contributed by atoms with van der Waals surface area (Å²) in [6.45, 7) is 2.17. The molecule has 0 fully saturated rings. The zero-order chi connectivity index (χ0) is 11.4. The molecule has 0 aliphatic heterocycles. The van der Waals surface area contributed by atoms with Crippen LogP contribution in [0.25, 0.3) is 10.6 Å². The van der Waals surface area contributed by atoms with Crippen LogP contribution in [0.1, 0.15) is 23.9 Å². The Bertz CT molecular complexity index is 451. The maximum absolute atomic E-state index is 4.67. The van der Waals surface area contributed by atoms with Crippen molar-refractivity contribution >= 4 is 24.0 Å². The van der Waals surface area contributed by atoms with Crippen LogP contribution in [0, 0.1) is 0 Å². The maximum atomic E-state index is 4.67. The van der Waals surface area contributed by atoms with Gasteiger partial charge >= 0.3 is 0 Å². The van der Waals surface area contributed by atoms with E-state index >= 15 is 0 Å². The first-order valence-electron chi connectivity index (χ1n) is 5.35. The molecule has 0 radical (unpaired) electrons. The first kappa shape index (κ1) is 11.6. The van der Waals surface area contributed by atoms with Crippen LogP contribution in [0.3, 0.4) is 0 Å². The van der Waals surface area contributed by atoms with Crippen LogP contribution < -0.4 is 0 Å². The summed E-state index contributed by atoms with van der Waals surface area (Å²) in [5.41, 5.74) is 2.29. The quantitative estimate of drug-likeness (QED) is 0.839. The fourth-order valence-corrected chi connectivity index (χ4v) is 2.89. The molecule has 4 heteroatoms. The first-order valence-corrected chi connectivity index (χ1v) is 6.80. The van der Waals surface area contributed by atoms with E-state index in [1.165, 1.54) is 10.6 Å². The summed E-state index contributed by atoms with van der Waals surface area (Å²) in [4.78, 5) is 10.1. The van der Waals surface area contributed by atoms with Crippen LogP contribution in [-0.2, 0) is 12.2 Å². The summed E-state index contributed by atoms with van der Waals surface area (Å²) in [5.74, 6) is 0.771. The Balaban J connectivity index is 2.36. The van der Waals surface area contributed by atoms with E-state index < -0.39 is 0 Å². The topological polar surface area (TPSA) is 25.8 Å². The first-order chi connectivity index (χ1) is 7.85. The van der Waals surface area contributed by atoms with Crippen molar-refractivity contribution in [1.29, 1.82) is 0 Å². The molecule has 2 nitrogen and oxygen atoms in total. The van der Waals surface area contributed by atoms with Gasteiger partial charge < -0.3 is 0 Å². The molecular formula is C12H14N2S2. The SMILES string of the molecule is CCCc1nc(-c2cccnc2)sc1CS. The van der Waals surface area contributed by atoms with Crippen molar-refractivity contribution in [2.75, 3.05) is 0 Å². The highest BCUT2D eigenvalue weighted by Crippen LogP contribution is 2.29. The highest BCUT2D eigenvalue weighted by molar-refractivity contribution is 7.79. The van der Waals surface area contributed by atoms with Crippen molar-refractivity contribution in [3.8, 4) is 10.6 Å². The molecule has 16 heavy (non-hydrogen) atoms. The molecule has 0 aliphatic carbocycles. The number of hydrogen-bond donors (Lipinski definition) is 1. The van der Waals surface area contributed by atoms with E-state index in [-0.39, 0.29) is 0 Å². The molecule has 2 rings (SSSR count). The van der Waals surface area contributed by atoms with Crippen LogP contribution in [0.5, 0.6) is 0 Å². The number of hydrogen-bond acceptors (Lipinski definition) is 4. The smallest absolute Gasteiger partial charge is 0.125 e. The molecule has 0 atom stereocenters. The lowest BCUT2D eigenvalue weighted by atomic mass is 10.2. The average Bonchev–Trinajstić information content (AvgIpc) is 2.74. The number of thiazole rings is 1. The molecule has 2 aromatic heterocycles. The third-order valence-corrected chi connectivity index (χ3v) is 3.99. The minimum Gasteiger partial charge on any atom is -0.264 e. The molecule has 0 unspecified atom stereocenters. The lowest BCUT2D eigenvalue weighted by Gasteiger charge is -1.94. The van der Waals surface area contributed by atoms with Crippen LogP contribution in [-0.4, -0.2) is 9.97 Å². The van der Waals surface area contributed by atoms with Gasteiger partial charge in [0, 0.05) is 28.6 Å². The van der Waals surface area contributed by atoms with Crippen LogP contribution in [0.4, 0.5) is 0 Å². The molecule has 2 aromatic rings. The van der Waals surface area contributed by atoms with Gasteiger partial charge in [-0.1, -0.05) is 13.3 Å². The molecule has 0 saturated carbocycles. The molecule has 0 N–H and O–H groups in total. The molecule has 2 heterocycles. The van der Waals surface area contributed by atoms with E-state index in [1.807, 2.05) is 18.3 Å². The van der Waals surface area contributed by atoms with Gasteiger partial charge in [0.2, 0.25) is 0 Å². The van der Waals surface area contributed by atoms with Gasteiger partial charge in [-0.25, -0.2) is 4.98 Å². The minimum absolute atomic E-state index is 0.771. The Kier molecular flexibility index (Phi) is 3.96. The normalized spacial score (nSPS) is 10.6. The third kappa shape index (κ3) is 2.44. The molecular weight excluding hydrogens is 236 g/mol. The van der Waals surface area contributed by atoms with E-state index in [2.05, 4.69) is 29.5 Å². The molecule has 84 valence electrons. The molecule has 0 saturated heterocycles. The second-order valence-electron chi connectivity index (χ2n) is 3.54. The van der Waals surface area contributed by atoms with Gasteiger partial charge in [-0.2, -0.15) is 12.6 Å². The standard InChI is InChI=1S/C12H14N2S2/c1-2-4-10-11(8-15)16-12(14-10)9-5-3-6-13-7-9/h3,5-7,15H,2,4,8H2,1H3. The highest BCUT2D eigenvalue weighted by Gasteiger charge is 2.10. The minimum atomic E-state index is 0.771. The fraction of sp³-hybridized carbons (Fsp3) is 0.333. The predicted octanol–water partition coefficient (Wildman–Crippen LogP) is 3.59. The summed E-state index contributed by atoms with van der Waals surface area (Å²) in [6, 6.07) is 3.99. The average molecular weight is 250 g/mol. The number of aromatic nitrogens is 2. The number of thiol groups is 1. The van der Waals surface area contributed by atoms with Crippen molar-refractivity contribution in [2.45, 2.75) is 25.5 Å². The number of pyridine rings is 1. The molecule has 0 aliphatic rings. The third-order valence-electron chi connectivity index (χ3n) is 2.32. The van der Waals surface area contributed by atoms with E-state index in [9.17, 15) is 0 Å². The molecule has 0 spiro atoms. The van der Waals surface area contributed by atoms with Gasteiger partial charge in [-0.05, 0) is 18.6 Å². The fourth-order valence-electron chi connectivity index (χ4n) is 1.55. The Morgan fingerprint density at radius 3 is 2.94 bits per heavy atom. The van der Waals surface area contributed by atoms with Gasteiger partial charge in [0.05, 0.1) is 5.69 Å². The van der Waals surface area contributed by atoms with E-state index in [0.717, 1.165) is 29.2 Å². The van der Waals surface area contributed by atoms with Gasteiger partial charge in [0.1, 0.15) is 5.01 Å².